The van der Waals surface area contributed by atoms with Crippen LogP contribution >= 0.6 is 0 Å². The lowest BCUT2D eigenvalue weighted by Crippen LogP contribution is -2.55. The van der Waals surface area contributed by atoms with Gasteiger partial charge < -0.3 is 19.7 Å². The number of amides is 2. The van der Waals surface area contributed by atoms with Gasteiger partial charge in [0.05, 0.1) is 24.3 Å². The molecule has 0 spiro atoms. The third-order valence-corrected chi connectivity index (χ3v) is 11.4. The van der Waals surface area contributed by atoms with Crippen molar-refractivity contribution >= 4 is 38.2 Å². The van der Waals surface area contributed by atoms with E-state index in [0.717, 1.165) is 5.39 Å². The van der Waals surface area contributed by atoms with Gasteiger partial charge in [-0.1, -0.05) is 45.9 Å². The van der Waals surface area contributed by atoms with E-state index in [4.69, 9.17) is 9.47 Å². The molecular weight excluding hydrogens is 570 g/mol. The highest BCUT2D eigenvalue weighted by Crippen LogP contribution is 2.46. The normalized spacial score (nSPS) is 26.1. The van der Waals surface area contributed by atoms with Crippen molar-refractivity contribution in [3.63, 3.8) is 0 Å². The van der Waals surface area contributed by atoms with E-state index in [-0.39, 0.29) is 36.6 Å². The van der Waals surface area contributed by atoms with Crippen LogP contribution in [0.5, 0.6) is 11.6 Å². The average molecular weight is 612 g/mol. The first-order chi connectivity index (χ1) is 20.2. The van der Waals surface area contributed by atoms with Gasteiger partial charge >= 0.3 is 0 Å². The Hall–Kier alpha value is -3.47. The van der Waals surface area contributed by atoms with Crippen molar-refractivity contribution in [2.75, 3.05) is 19.4 Å². The first kappa shape index (κ1) is 31.0. The second-order valence-corrected chi connectivity index (χ2v) is 15.5. The molecule has 0 unspecified atom stereocenters. The highest BCUT2D eigenvalue weighted by atomic mass is 32.2. The van der Waals surface area contributed by atoms with Gasteiger partial charge in [-0.2, -0.15) is 0 Å². The number of carbonyl (C=O) groups excluding carboxylic acids is 3. The Morgan fingerprint density at radius 1 is 1.23 bits per heavy atom. The van der Waals surface area contributed by atoms with E-state index in [0.29, 0.717) is 29.9 Å². The van der Waals surface area contributed by atoms with Crippen LogP contribution in [0.15, 0.2) is 43.1 Å². The van der Waals surface area contributed by atoms with Crippen LogP contribution in [0.25, 0.3) is 10.8 Å². The summed E-state index contributed by atoms with van der Waals surface area (Å²) in [5, 5.41) is 3.96. The summed E-state index contributed by atoms with van der Waals surface area (Å²) in [6.07, 6.45) is 4.21. The van der Waals surface area contributed by atoms with Crippen molar-refractivity contribution in [3.8, 4) is 11.6 Å². The predicted molar refractivity (Wildman–Crippen MR) is 162 cm³/mol. The second kappa shape index (κ2) is 11.2. The molecule has 1 N–H and O–H groups in total. The Kier molecular flexibility index (Phi) is 8.09. The summed E-state index contributed by atoms with van der Waals surface area (Å²) in [6.45, 7) is 11.7. The fourth-order valence-corrected chi connectivity index (χ4v) is 7.56. The first-order valence-corrected chi connectivity index (χ1v) is 16.5. The molecule has 2 heterocycles. The zero-order valence-electron chi connectivity index (χ0n) is 25.5. The molecule has 1 saturated heterocycles. The summed E-state index contributed by atoms with van der Waals surface area (Å²) >= 11 is 0. The van der Waals surface area contributed by atoms with E-state index in [1.165, 1.54) is 4.90 Å². The van der Waals surface area contributed by atoms with Gasteiger partial charge in [0.1, 0.15) is 29.2 Å². The topological polar surface area (TPSA) is 132 Å². The van der Waals surface area contributed by atoms with Gasteiger partial charge in [-0.05, 0) is 42.2 Å². The number of likely N-dealkylation sites (tertiary alicyclic amines) is 1. The summed E-state index contributed by atoms with van der Waals surface area (Å²) in [5.41, 5.74) is -1.70. The molecule has 10 nitrogen and oxygen atoms in total. The van der Waals surface area contributed by atoms with E-state index in [9.17, 15) is 22.8 Å². The number of hydrogen-bond acceptors (Lipinski definition) is 8. The lowest BCUT2D eigenvalue weighted by molar-refractivity contribution is -0.144. The Balaban J connectivity index is 1.41. The van der Waals surface area contributed by atoms with Crippen LogP contribution in [0.3, 0.4) is 0 Å². The molecule has 0 radical (unpaired) electrons. The standard InChI is InChI=1S/C32H41N3O7S/c1-7-21-16-32(21,26(36)18-43(39,40)23-11-12-23)34-28(37)24-15-22(17-35(24)30(38)19(2)31(3,4)5)42-29-27-20(13-14-33-29)9-8-10-25(27)41-6/h7-10,13-14,19,21-24H,1,11-12,15-18H2,2-6H3,(H,34,37)/t19-,21-,22-,24+,32-/m1/s1. The van der Waals surface area contributed by atoms with Gasteiger partial charge in [-0.15, -0.1) is 6.58 Å². The van der Waals surface area contributed by atoms with Crippen LogP contribution in [0.4, 0.5) is 0 Å². The van der Waals surface area contributed by atoms with Crippen molar-refractivity contribution < 1.29 is 32.3 Å². The number of ketones is 1. The maximum atomic E-state index is 13.9. The van der Waals surface area contributed by atoms with Gasteiger partial charge in [-0.25, -0.2) is 13.4 Å². The number of nitrogens with one attached hydrogen (secondary N) is 1. The molecule has 3 aliphatic rings. The molecule has 2 aromatic rings. The fraction of sp³-hybridized carbons (Fsp3) is 0.562. The zero-order valence-corrected chi connectivity index (χ0v) is 26.3. The van der Waals surface area contributed by atoms with Gasteiger partial charge in [0.2, 0.25) is 17.7 Å². The minimum absolute atomic E-state index is 0.145. The predicted octanol–water partition coefficient (Wildman–Crippen LogP) is 3.48. The molecule has 3 fully saturated rings. The number of ether oxygens (including phenoxy) is 2. The van der Waals surface area contributed by atoms with Gasteiger partial charge in [0, 0.05) is 24.5 Å². The smallest absolute Gasteiger partial charge is 0.243 e. The summed E-state index contributed by atoms with van der Waals surface area (Å²) in [6, 6.07) is 6.53. The second-order valence-electron chi connectivity index (χ2n) is 13.2. The van der Waals surface area contributed by atoms with E-state index in [2.05, 4.69) is 16.9 Å². The Morgan fingerprint density at radius 2 is 1.95 bits per heavy atom. The molecule has 1 aliphatic heterocycles. The molecule has 5 atom stereocenters. The number of fused-ring (bicyclic) bond motifs is 1. The highest BCUT2D eigenvalue weighted by molar-refractivity contribution is 7.93. The SMILES string of the molecule is C=C[C@@H]1C[C@]1(NC(=O)[C@@H]1C[C@@H](Oc2nccc3cccc(OC)c23)CN1C(=O)[C@@H](C)C(C)(C)C)C(=O)CS(=O)(=O)C1CC1. The highest BCUT2D eigenvalue weighted by Gasteiger charge is 2.61. The van der Waals surface area contributed by atoms with Crippen molar-refractivity contribution in [1.82, 2.24) is 15.2 Å². The summed E-state index contributed by atoms with van der Waals surface area (Å²) in [7, 11) is -2.01. The minimum atomic E-state index is -3.57. The van der Waals surface area contributed by atoms with Crippen molar-refractivity contribution in [1.29, 1.82) is 0 Å². The fourth-order valence-electron chi connectivity index (χ4n) is 5.84. The monoisotopic (exact) mass is 611 g/mol. The van der Waals surface area contributed by atoms with Crippen LogP contribution < -0.4 is 14.8 Å². The van der Waals surface area contributed by atoms with E-state index in [1.807, 2.05) is 52.0 Å². The summed E-state index contributed by atoms with van der Waals surface area (Å²) in [4.78, 5) is 47.1. The van der Waals surface area contributed by atoms with Crippen LogP contribution in [0.1, 0.15) is 53.4 Å². The number of nitrogens with zero attached hydrogens (tertiary/aromatic N) is 2. The van der Waals surface area contributed by atoms with E-state index in [1.54, 1.807) is 19.4 Å². The molecule has 2 aliphatic carbocycles. The van der Waals surface area contributed by atoms with Crippen LogP contribution in [-0.2, 0) is 24.2 Å². The molecule has 232 valence electrons. The number of hydrogen-bond donors (Lipinski definition) is 1. The average Bonchev–Trinajstić information content (AvgIpc) is 3.88. The number of Topliss-reactive ketones (excluding diaryl/α,β-unsaturated/α-hetero) is 1. The largest absolute Gasteiger partial charge is 0.496 e. The molecule has 43 heavy (non-hydrogen) atoms. The van der Waals surface area contributed by atoms with Gasteiger partial charge in [-0.3, -0.25) is 14.4 Å². The van der Waals surface area contributed by atoms with Crippen molar-refractivity contribution in [3.05, 3.63) is 43.1 Å². The summed E-state index contributed by atoms with van der Waals surface area (Å²) < 4.78 is 37.2. The number of carbonyl (C=O) groups is 3. The molecule has 1 aromatic heterocycles. The molecule has 1 aromatic carbocycles. The Morgan fingerprint density at radius 3 is 2.56 bits per heavy atom. The Labute approximate surface area is 253 Å². The third kappa shape index (κ3) is 6.01. The maximum Gasteiger partial charge on any atom is 0.243 e. The quantitative estimate of drug-likeness (QED) is 0.382. The van der Waals surface area contributed by atoms with Crippen molar-refractivity contribution in [2.24, 2.45) is 17.3 Å². The molecule has 2 saturated carbocycles. The molecule has 5 rings (SSSR count). The lowest BCUT2D eigenvalue weighted by atomic mass is 9.81. The minimum Gasteiger partial charge on any atom is -0.496 e. The molecular formula is C32H41N3O7S. The van der Waals surface area contributed by atoms with Gasteiger partial charge in [0.25, 0.3) is 0 Å². The van der Waals surface area contributed by atoms with Crippen LogP contribution in [0, 0.1) is 17.3 Å². The third-order valence-electron chi connectivity index (χ3n) is 9.24. The lowest BCUT2D eigenvalue weighted by Gasteiger charge is -2.33. The zero-order chi connectivity index (χ0) is 31.3. The maximum absolute atomic E-state index is 13.9. The number of rotatable bonds is 11. The number of benzene rings is 1. The number of pyridine rings is 1. The molecule has 0 bridgehead atoms. The van der Waals surface area contributed by atoms with Crippen LogP contribution in [-0.4, -0.2) is 78.2 Å². The number of aromatic nitrogens is 1. The number of sulfone groups is 1. The van der Waals surface area contributed by atoms with Crippen molar-refractivity contribution in [2.45, 2.75) is 76.3 Å². The van der Waals surface area contributed by atoms with E-state index >= 15 is 0 Å². The molecule has 2 amide bonds. The molecule has 11 heteroatoms. The number of methoxy groups -OCH3 is 1. The van der Waals surface area contributed by atoms with E-state index < -0.39 is 56.1 Å². The van der Waals surface area contributed by atoms with Gasteiger partial charge in [0.15, 0.2) is 15.6 Å². The first-order valence-electron chi connectivity index (χ1n) is 14.8. The Bertz CT molecular complexity index is 1560. The summed E-state index contributed by atoms with van der Waals surface area (Å²) in [5.74, 6) is -1.71. The van der Waals surface area contributed by atoms with Crippen LogP contribution in [0.2, 0.25) is 0 Å².